The standard InChI is InChI=1S/C22H32O3/c1-15(2)13-22(19(23)20(24)25)12-6-7-17(14-22)16-8-10-18(11-9-16)21(3,4)5/h8-11,15,17H,6-7,12-14H2,1-5H3,(H,24,25). The second-order valence-corrected chi connectivity index (χ2v) is 9.18. The van der Waals surface area contributed by atoms with Gasteiger partial charge < -0.3 is 5.11 Å². The van der Waals surface area contributed by atoms with E-state index in [0.29, 0.717) is 25.2 Å². The Labute approximate surface area is 151 Å². The van der Waals surface area contributed by atoms with E-state index >= 15 is 0 Å². The molecule has 0 radical (unpaired) electrons. The number of carbonyl (C=O) groups excluding carboxylic acids is 1. The molecule has 3 nitrogen and oxygen atoms in total. The minimum Gasteiger partial charge on any atom is -0.475 e. The van der Waals surface area contributed by atoms with Gasteiger partial charge in [-0.2, -0.15) is 0 Å². The highest BCUT2D eigenvalue weighted by Crippen LogP contribution is 2.48. The third kappa shape index (κ3) is 4.50. The van der Waals surface area contributed by atoms with Gasteiger partial charge in [-0.05, 0) is 54.1 Å². The highest BCUT2D eigenvalue weighted by molar-refractivity contribution is 6.34. The first-order valence-corrected chi connectivity index (χ1v) is 9.43. The van der Waals surface area contributed by atoms with Crippen LogP contribution in [0.25, 0.3) is 0 Å². The molecule has 0 bridgehead atoms. The van der Waals surface area contributed by atoms with Crippen LogP contribution in [-0.2, 0) is 15.0 Å². The summed E-state index contributed by atoms with van der Waals surface area (Å²) < 4.78 is 0. The van der Waals surface area contributed by atoms with Crippen LogP contribution in [0, 0.1) is 11.3 Å². The monoisotopic (exact) mass is 344 g/mol. The normalized spacial score (nSPS) is 24.3. The summed E-state index contributed by atoms with van der Waals surface area (Å²) in [6.07, 6.45) is 3.96. The molecule has 0 saturated heterocycles. The molecule has 138 valence electrons. The molecule has 0 heterocycles. The molecule has 1 N–H and O–H groups in total. The summed E-state index contributed by atoms with van der Waals surface area (Å²) in [5.74, 6) is -1.28. The number of ketones is 1. The van der Waals surface area contributed by atoms with Crippen molar-refractivity contribution in [2.75, 3.05) is 0 Å². The minimum atomic E-state index is -1.27. The van der Waals surface area contributed by atoms with Crippen LogP contribution >= 0.6 is 0 Å². The van der Waals surface area contributed by atoms with Gasteiger partial charge in [0.15, 0.2) is 0 Å². The van der Waals surface area contributed by atoms with E-state index in [-0.39, 0.29) is 11.3 Å². The summed E-state index contributed by atoms with van der Waals surface area (Å²) >= 11 is 0. The number of Topliss-reactive ketones (excluding diaryl/α,β-unsaturated/α-hetero) is 1. The lowest BCUT2D eigenvalue weighted by Crippen LogP contribution is -2.41. The van der Waals surface area contributed by atoms with Crippen LogP contribution < -0.4 is 0 Å². The maximum absolute atomic E-state index is 12.5. The second kappa shape index (κ2) is 7.31. The average Bonchev–Trinajstić information content (AvgIpc) is 2.53. The van der Waals surface area contributed by atoms with Crippen LogP contribution in [0.15, 0.2) is 24.3 Å². The van der Waals surface area contributed by atoms with Gasteiger partial charge >= 0.3 is 5.97 Å². The van der Waals surface area contributed by atoms with Crippen molar-refractivity contribution in [1.29, 1.82) is 0 Å². The van der Waals surface area contributed by atoms with Crippen LogP contribution in [0.3, 0.4) is 0 Å². The summed E-state index contributed by atoms with van der Waals surface area (Å²) in [6, 6.07) is 8.68. The quantitative estimate of drug-likeness (QED) is 0.735. The Morgan fingerprint density at radius 1 is 1.20 bits per heavy atom. The molecule has 1 aromatic carbocycles. The van der Waals surface area contributed by atoms with Gasteiger partial charge in [-0.15, -0.1) is 0 Å². The topological polar surface area (TPSA) is 54.4 Å². The first-order valence-electron chi connectivity index (χ1n) is 9.43. The fourth-order valence-electron chi connectivity index (χ4n) is 4.40. The van der Waals surface area contributed by atoms with Crippen molar-refractivity contribution in [3.63, 3.8) is 0 Å². The molecule has 0 spiro atoms. The Bertz CT molecular complexity index is 622. The minimum absolute atomic E-state index is 0.117. The number of benzene rings is 1. The molecular formula is C22H32O3. The molecule has 2 rings (SSSR count). The fourth-order valence-corrected chi connectivity index (χ4v) is 4.40. The molecule has 0 aromatic heterocycles. The molecule has 1 aliphatic rings. The van der Waals surface area contributed by atoms with Gasteiger partial charge in [0.1, 0.15) is 0 Å². The van der Waals surface area contributed by atoms with Crippen molar-refractivity contribution >= 4 is 11.8 Å². The Hall–Kier alpha value is -1.64. The van der Waals surface area contributed by atoms with Crippen molar-refractivity contribution in [3.8, 4) is 0 Å². The molecule has 1 fully saturated rings. The summed E-state index contributed by atoms with van der Waals surface area (Å²) in [7, 11) is 0. The zero-order valence-corrected chi connectivity index (χ0v) is 16.3. The number of aliphatic carboxylic acids is 1. The lowest BCUT2D eigenvalue weighted by atomic mass is 9.62. The Kier molecular flexibility index (Phi) is 5.75. The van der Waals surface area contributed by atoms with Crippen LogP contribution in [0.1, 0.15) is 83.8 Å². The van der Waals surface area contributed by atoms with E-state index in [4.69, 9.17) is 0 Å². The summed E-state index contributed by atoms with van der Waals surface area (Å²) in [6.45, 7) is 10.7. The van der Waals surface area contributed by atoms with Crippen molar-refractivity contribution in [2.45, 2.75) is 78.1 Å². The van der Waals surface area contributed by atoms with E-state index in [2.05, 4.69) is 58.9 Å². The van der Waals surface area contributed by atoms with Gasteiger partial charge in [0.05, 0.1) is 0 Å². The maximum Gasteiger partial charge on any atom is 0.372 e. The fraction of sp³-hybridized carbons (Fsp3) is 0.636. The van der Waals surface area contributed by atoms with Crippen LogP contribution in [0.5, 0.6) is 0 Å². The number of carboxylic acid groups (broad SMARTS) is 1. The van der Waals surface area contributed by atoms with Gasteiger partial charge in [-0.3, -0.25) is 4.79 Å². The van der Waals surface area contributed by atoms with Gasteiger partial charge in [-0.1, -0.05) is 65.3 Å². The van der Waals surface area contributed by atoms with E-state index in [1.807, 2.05) is 0 Å². The van der Waals surface area contributed by atoms with E-state index in [1.165, 1.54) is 11.1 Å². The molecule has 1 aromatic rings. The van der Waals surface area contributed by atoms with Gasteiger partial charge in [0.25, 0.3) is 0 Å². The maximum atomic E-state index is 12.5. The van der Waals surface area contributed by atoms with E-state index < -0.39 is 17.2 Å². The third-order valence-corrected chi connectivity index (χ3v) is 5.57. The molecule has 25 heavy (non-hydrogen) atoms. The molecule has 3 heteroatoms. The van der Waals surface area contributed by atoms with E-state index in [1.54, 1.807) is 0 Å². The lowest BCUT2D eigenvalue weighted by molar-refractivity contribution is -0.156. The Balaban J connectivity index is 2.28. The zero-order chi connectivity index (χ0) is 18.8. The zero-order valence-electron chi connectivity index (χ0n) is 16.3. The molecular weight excluding hydrogens is 312 g/mol. The number of hydrogen-bond acceptors (Lipinski definition) is 2. The van der Waals surface area contributed by atoms with Crippen molar-refractivity contribution in [3.05, 3.63) is 35.4 Å². The predicted molar refractivity (Wildman–Crippen MR) is 101 cm³/mol. The average molecular weight is 344 g/mol. The number of rotatable bonds is 5. The van der Waals surface area contributed by atoms with Crippen LogP contribution in [-0.4, -0.2) is 16.9 Å². The van der Waals surface area contributed by atoms with Crippen molar-refractivity contribution in [1.82, 2.24) is 0 Å². The molecule has 1 saturated carbocycles. The smallest absolute Gasteiger partial charge is 0.372 e. The predicted octanol–water partition coefficient (Wildman–Crippen LogP) is 5.33. The number of carbonyl (C=O) groups is 2. The largest absolute Gasteiger partial charge is 0.475 e. The number of carboxylic acids is 1. The number of hydrogen-bond donors (Lipinski definition) is 1. The van der Waals surface area contributed by atoms with Gasteiger partial charge in [0.2, 0.25) is 5.78 Å². The Morgan fingerprint density at radius 3 is 2.28 bits per heavy atom. The van der Waals surface area contributed by atoms with E-state index in [9.17, 15) is 14.7 Å². The van der Waals surface area contributed by atoms with Crippen LogP contribution in [0.2, 0.25) is 0 Å². The van der Waals surface area contributed by atoms with Crippen molar-refractivity contribution < 1.29 is 14.7 Å². The first-order chi connectivity index (χ1) is 11.5. The second-order valence-electron chi connectivity index (χ2n) is 9.18. The highest BCUT2D eigenvalue weighted by atomic mass is 16.4. The Morgan fingerprint density at radius 2 is 1.80 bits per heavy atom. The van der Waals surface area contributed by atoms with Gasteiger partial charge in [-0.25, -0.2) is 4.79 Å². The summed E-state index contributed by atoms with van der Waals surface area (Å²) in [5.41, 5.74) is 1.94. The van der Waals surface area contributed by atoms with E-state index in [0.717, 1.165) is 12.8 Å². The molecule has 2 atom stereocenters. The summed E-state index contributed by atoms with van der Waals surface area (Å²) in [4.78, 5) is 24.0. The molecule has 0 aliphatic heterocycles. The SMILES string of the molecule is CC(C)CC1(C(=O)C(=O)O)CCCC(c2ccc(C(C)(C)C)cc2)C1. The van der Waals surface area contributed by atoms with Gasteiger partial charge in [0, 0.05) is 5.41 Å². The highest BCUT2D eigenvalue weighted by Gasteiger charge is 2.46. The van der Waals surface area contributed by atoms with Crippen molar-refractivity contribution in [2.24, 2.45) is 11.3 Å². The van der Waals surface area contributed by atoms with Crippen LogP contribution in [0.4, 0.5) is 0 Å². The lowest BCUT2D eigenvalue weighted by Gasteiger charge is -2.40. The molecule has 1 aliphatic carbocycles. The molecule has 2 unspecified atom stereocenters. The summed E-state index contributed by atoms with van der Waals surface area (Å²) in [5, 5.41) is 9.35. The molecule has 0 amide bonds. The third-order valence-electron chi connectivity index (χ3n) is 5.57. The first kappa shape index (κ1) is 19.7.